The molecule has 1 heterocycles. The summed E-state index contributed by atoms with van der Waals surface area (Å²) in [4.78, 5) is 0. The molecule has 1 nitrogen and oxygen atoms in total. The van der Waals surface area contributed by atoms with Crippen molar-refractivity contribution < 1.29 is 4.42 Å². The molecule has 2 heteroatoms. The van der Waals surface area contributed by atoms with Gasteiger partial charge < -0.3 is 4.42 Å². The summed E-state index contributed by atoms with van der Waals surface area (Å²) < 4.78 is 5.38. The minimum absolute atomic E-state index is 0.434. The number of halogens is 1. The summed E-state index contributed by atoms with van der Waals surface area (Å²) in [7, 11) is 0. The van der Waals surface area contributed by atoms with E-state index in [-0.39, 0.29) is 0 Å². The van der Waals surface area contributed by atoms with E-state index in [0.717, 1.165) is 18.6 Å². The third kappa shape index (κ3) is 3.37. The Bertz CT molecular complexity index is 448. The molecule has 0 amide bonds. The molecule has 90 valence electrons. The topological polar surface area (TPSA) is 13.1 Å². The van der Waals surface area contributed by atoms with Crippen molar-refractivity contribution >= 4 is 11.6 Å². The van der Waals surface area contributed by atoms with Crippen molar-refractivity contribution in [1.82, 2.24) is 0 Å². The van der Waals surface area contributed by atoms with E-state index in [1.807, 2.05) is 12.1 Å². The fraction of sp³-hybridized carbons (Fsp3) is 0.333. The molecule has 0 spiro atoms. The number of alkyl halides is 1. The van der Waals surface area contributed by atoms with E-state index in [1.165, 1.54) is 11.1 Å². The minimum Gasteiger partial charge on any atom is -0.469 e. The lowest BCUT2D eigenvalue weighted by atomic mass is 9.94. The van der Waals surface area contributed by atoms with E-state index in [0.29, 0.717) is 11.8 Å². The third-order valence-corrected chi connectivity index (χ3v) is 3.49. The van der Waals surface area contributed by atoms with Crippen LogP contribution in [-0.4, -0.2) is 5.88 Å². The molecule has 0 aliphatic rings. The fourth-order valence-corrected chi connectivity index (χ4v) is 2.26. The highest BCUT2D eigenvalue weighted by Gasteiger charge is 2.12. The second kappa shape index (κ2) is 5.92. The van der Waals surface area contributed by atoms with Crippen LogP contribution in [0.1, 0.15) is 16.9 Å². The first-order chi connectivity index (χ1) is 8.29. The normalized spacial score (nSPS) is 12.6. The van der Waals surface area contributed by atoms with Gasteiger partial charge in [0.05, 0.1) is 6.26 Å². The minimum atomic E-state index is 0.434. The van der Waals surface area contributed by atoms with Crippen LogP contribution in [0, 0.1) is 12.8 Å². The van der Waals surface area contributed by atoms with E-state index < -0.39 is 0 Å². The average molecular weight is 249 g/mol. The molecule has 0 saturated carbocycles. The lowest BCUT2D eigenvalue weighted by Gasteiger charge is -2.14. The van der Waals surface area contributed by atoms with Crippen LogP contribution in [0.4, 0.5) is 0 Å². The molecule has 0 fully saturated rings. The zero-order chi connectivity index (χ0) is 12.1. The summed E-state index contributed by atoms with van der Waals surface area (Å²) in [5.41, 5.74) is 2.71. The SMILES string of the molecule is Cc1ccccc1CC(CCl)Cc1ccco1. The third-order valence-electron chi connectivity index (χ3n) is 3.06. The van der Waals surface area contributed by atoms with Gasteiger partial charge in [0.1, 0.15) is 5.76 Å². The Kier molecular flexibility index (Phi) is 4.27. The Hall–Kier alpha value is -1.21. The van der Waals surface area contributed by atoms with Gasteiger partial charge in [-0.05, 0) is 42.5 Å². The van der Waals surface area contributed by atoms with E-state index in [4.69, 9.17) is 16.0 Å². The first-order valence-corrected chi connectivity index (χ1v) is 6.46. The lowest BCUT2D eigenvalue weighted by molar-refractivity contribution is 0.457. The maximum absolute atomic E-state index is 6.05. The summed E-state index contributed by atoms with van der Waals surface area (Å²) in [5.74, 6) is 2.11. The second-order valence-electron chi connectivity index (χ2n) is 4.43. The van der Waals surface area contributed by atoms with Gasteiger partial charge in [0, 0.05) is 12.3 Å². The Labute approximate surface area is 107 Å². The van der Waals surface area contributed by atoms with Crippen molar-refractivity contribution in [2.45, 2.75) is 19.8 Å². The molecular formula is C15H17ClO. The highest BCUT2D eigenvalue weighted by atomic mass is 35.5. The maximum Gasteiger partial charge on any atom is 0.104 e. The Morgan fingerprint density at radius 3 is 2.59 bits per heavy atom. The highest BCUT2D eigenvalue weighted by Crippen LogP contribution is 2.18. The van der Waals surface area contributed by atoms with Crippen molar-refractivity contribution in [2.75, 3.05) is 5.88 Å². The molecule has 0 N–H and O–H groups in total. The van der Waals surface area contributed by atoms with E-state index in [1.54, 1.807) is 6.26 Å². The zero-order valence-electron chi connectivity index (χ0n) is 10.0. The smallest absolute Gasteiger partial charge is 0.104 e. The van der Waals surface area contributed by atoms with Crippen LogP contribution < -0.4 is 0 Å². The van der Waals surface area contributed by atoms with Crippen LogP contribution in [-0.2, 0) is 12.8 Å². The van der Waals surface area contributed by atoms with E-state index in [9.17, 15) is 0 Å². The number of rotatable bonds is 5. The number of benzene rings is 1. The molecule has 1 atom stereocenters. The van der Waals surface area contributed by atoms with Gasteiger partial charge in [-0.2, -0.15) is 0 Å². The zero-order valence-corrected chi connectivity index (χ0v) is 10.8. The van der Waals surface area contributed by atoms with Crippen molar-refractivity contribution in [3.05, 3.63) is 59.5 Å². The first-order valence-electron chi connectivity index (χ1n) is 5.92. The van der Waals surface area contributed by atoms with Crippen LogP contribution in [0.2, 0.25) is 0 Å². The number of hydrogen-bond acceptors (Lipinski definition) is 1. The highest BCUT2D eigenvalue weighted by molar-refractivity contribution is 6.18. The van der Waals surface area contributed by atoms with Crippen LogP contribution in [0.25, 0.3) is 0 Å². The van der Waals surface area contributed by atoms with Gasteiger partial charge >= 0.3 is 0 Å². The molecule has 1 aromatic carbocycles. The molecule has 1 unspecified atom stereocenters. The predicted octanol–water partition coefficient (Wildman–Crippen LogP) is 4.23. The standard InChI is InChI=1S/C15H17ClO/c1-12-5-2-3-6-14(12)9-13(11-16)10-15-7-4-8-17-15/h2-8,13H,9-11H2,1H3. The summed E-state index contributed by atoms with van der Waals surface area (Å²) in [5, 5.41) is 0. The number of aryl methyl sites for hydroxylation is 1. The summed E-state index contributed by atoms with van der Waals surface area (Å²) >= 11 is 6.05. The molecule has 0 saturated heterocycles. The molecule has 0 bridgehead atoms. The molecule has 2 aromatic rings. The van der Waals surface area contributed by atoms with Crippen LogP contribution in [0.3, 0.4) is 0 Å². The second-order valence-corrected chi connectivity index (χ2v) is 4.74. The van der Waals surface area contributed by atoms with Gasteiger partial charge in [-0.3, -0.25) is 0 Å². The van der Waals surface area contributed by atoms with Gasteiger partial charge in [-0.15, -0.1) is 11.6 Å². The molecular weight excluding hydrogens is 232 g/mol. The van der Waals surface area contributed by atoms with Gasteiger partial charge in [-0.25, -0.2) is 0 Å². The fourth-order valence-electron chi connectivity index (χ4n) is 2.04. The number of furan rings is 1. The average Bonchev–Trinajstić information content (AvgIpc) is 2.84. The summed E-state index contributed by atoms with van der Waals surface area (Å²) in [6, 6.07) is 12.4. The maximum atomic E-state index is 6.05. The molecule has 0 aliphatic heterocycles. The quantitative estimate of drug-likeness (QED) is 0.722. The first kappa shape index (κ1) is 12.3. The summed E-state index contributed by atoms with van der Waals surface area (Å²) in [6.45, 7) is 2.15. The van der Waals surface area contributed by atoms with Gasteiger partial charge in [0.2, 0.25) is 0 Å². The van der Waals surface area contributed by atoms with Gasteiger partial charge in [-0.1, -0.05) is 24.3 Å². The molecule has 2 rings (SSSR count). The lowest BCUT2D eigenvalue weighted by Crippen LogP contribution is -2.10. The largest absolute Gasteiger partial charge is 0.469 e. The van der Waals surface area contributed by atoms with Crippen molar-refractivity contribution in [3.8, 4) is 0 Å². The Balaban J connectivity index is 2.03. The van der Waals surface area contributed by atoms with E-state index in [2.05, 4.69) is 31.2 Å². The molecule has 17 heavy (non-hydrogen) atoms. The van der Waals surface area contributed by atoms with Crippen LogP contribution >= 0.6 is 11.6 Å². The van der Waals surface area contributed by atoms with Crippen LogP contribution in [0.5, 0.6) is 0 Å². The monoisotopic (exact) mass is 248 g/mol. The van der Waals surface area contributed by atoms with Crippen molar-refractivity contribution in [2.24, 2.45) is 5.92 Å². The van der Waals surface area contributed by atoms with E-state index >= 15 is 0 Å². The van der Waals surface area contributed by atoms with Crippen molar-refractivity contribution in [3.63, 3.8) is 0 Å². The predicted molar refractivity (Wildman–Crippen MR) is 71.5 cm³/mol. The van der Waals surface area contributed by atoms with Crippen LogP contribution in [0.15, 0.2) is 47.1 Å². The molecule has 0 aliphatic carbocycles. The van der Waals surface area contributed by atoms with Gasteiger partial charge in [0.25, 0.3) is 0 Å². The molecule has 0 radical (unpaired) electrons. The Morgan fingerprint density at radius 1 is 1.12 bits per heavy atom. The van der Waals surface area contributed by atoms with Crippen molar-refractivity contribution in [1.29, 1.82) is 0 Å². The summed E-state index contributed by atoms with van der Waals surface area (Å²) in [6.07, 6.45) is 3.64. The van der Waals surface area contributed by atoms with Gasteiger partial charge in [0.15, 0.2) is 0 Å². The number of hydrogen-bond donors (Lipinski definition) is 0. The Morgan fingerprint density at radius 2 is 1.94 bits per heavy atom. The molecule has 1 aromatic heterocycles.